The number of amides is 1. The Hall–Kier alpha value is -3.45. The Bertz CT molecular complexity index is 1010. The van der Waals surface area contributed by atoms with Crippen molar-refractivity contribution in [3.63, 3.8) is 0 Å². The van der Waals surface area contributed by atoms with Gasteiger partial charge in [0.1, 0.15) is 12.4 Å². The van der Waals surface area contributed by atoms with E-state index in [1.807, 2.05) is 43.3 Å². The second-order valence-corrected chi connectivity index (χ2v) is 6.74. The molecule has 1 atom stereocenters. The highest BCUT2D eigenvalue weighted by Gasteiger charge is 2.17. The smallest absolute Gasteiger partial charge is 0.270 e. The number of rotatable bonds is 7. The summed E-state index contributed by atoms with van der Waals surface area (Å²) in [6.07, 6.45) is 3.45. The molecule has 1 heterocycles. The molecule has 1 aromatic heterocycles. The van der Waals surface area contributed by atoms with Crippen molar-refractivity contribution in [2.45, 2.75) is 19.6 Å². The lowest BCUT2D eigenvalue weighted by Crippen LogP contribution is -2.26. The fourth-order valence-corrected chi connectivity index (χ4v) is 2.92. The van der Waals surface area contributed by atoms with E-state index in [2.05, 4.69) is 10.3 Å². The number of ether oxygens (including phenoxy) is 1. The molecule has 29 heavy (non-hydrogen) atoms. The van der Waals surface area contributed by atoms with E-state index in [9.17, 15) is 14.9 Å². The first-order valence-electron chi connectivity index (χ1n) is 8.80. The molecule has 1 unspecified atom stereocenters. The van der Waals surface area contributed by atoms with Crippen molar-refractivity contribution in [3.05, 3.63) is 98.8 Å². The molecule has 0 aliphatic carbocycles. The zero-order valence-electron chi connectivity index (χ0n) is 15.5. The average molecular weight is 412 g/mol. The maximum Gasteiger partial charge on any atom is 0.270 e. The lowest BCUT2D eigenvalue weighted by molar-refractivity contribution is -0.384. The van der Waals surface area contributed by atoms with Crippen LogP contribution >= 0.6 is 11.6 Å². The number of carbonyl (C=O) groups is 1. The van der Waals surface area contributed by atoms with Crippen LogP contribution in [-0.2, 0) is 6.61 Å². The summed E-state index contributed by atoms with van der Waals surface area (Å²) >= 11 is 6.02. The number of nitrogens with one attached hydrogen (secondary N) is 1. The van der Waals surface area contributed by atoms with E-state index < -0.39 is 10.8 Å². The molecule has 0 bridgehead atoms. The van der Waals surface area contributed by atoms with Crippen molar-refractivity contribution in [3.8, 4) is 5.75 Å². The molecule has 3 rings (SSSR count). The lowest BCUT2D eigenvalue weighted by Gasteiger charge is -2.15. The zero-order chi connectivity index (χ0) is 20.8. The Morgan fingerprint density at radius 2 is 2.00 bits per heavy atom. The SMILES string of the molecule is CC(NC(=O)c1ccc([N+](=O)[O-])cc1Cl)c1ccc(OCc2cccnc2)cc1. The third-order valence-electron chi connectivity index (χ3n) is 4.26. The number of nitrogens with zero attached hydrogens (tertiary/aromatic N) is 2. The standard InChI is InChI=1S/C21H18ClN3O4/c1-14(24-21(26)19-9-6-17(25(27)28)11-20(19)22)16-4-7-18(8-5-16)29-13-15-3-2-10-23-12-15/h2-12,14H,13H2,1H3,(H,24,26). The van der Waals surface area contributed by atoms with Crippen LogP contribution < -0.4 is 10.1 Å². The minimum atomic E-state index is -0.561. The molecule has 1 amide bonds. The Labute approximate surface area is 172 Å². The molecule has 148 valence electrons. The van der Waals surface area contributed by atoms with E-state index in [4.69, 9.17) is 16.3 Å². The third-order valence-corrected chi connectivity index (χ3v) is 4.58. The monoisotopic (exact) mass is 411 g/mol. The summed E-state index contributed by atoms with van der Waals surface area (Å²) < 4.78 is 5.72. The number of nitro benzene ring substituents is 1. The predicted octanol–water partition coefficient (Wildman–Crippen LogP) is 4.71. The van der Waals surface area contributed by atoms with Gasteiger partial charge in [-0.25, -0.2) is 0 Å². The van der Waals surface area contributed by atoms with Crippen LogP contribution in [-0.4, -0.2) is 15.8 Å². The highest BCUT2D eigenvalue weighted by molar-refractivity contribution is 6.34. The number of halogens is 1. The van der Waals surface area contributed by atoms with Crippen molar-refractivity contribution in [2.24, 2.45) is 0 Å². The minimum absolute atomic E-state index is 0.0306. The maximum absolute atomic E-state index is 12.5. The van der Waals surface area contributed by atoms with Crippen molar-refractivity contribution in [1.29, 1.82) is 0 Å². The summed E-state index contributed by atoms with van der Waals surface area (Å²) in [4.78, 5) is 26.7. The molecule has 0 spiro atoms. The lowest BCUT2D eigenvalue weighted by atomic mass is 10.1. The van der Waals surface area contributed by atoms with Crippen LogP contribution in [0.5, 0.6) is 5.75 Å². The first-order valence-corrected chi connectivity index (χ1v) is 9.18. The van der Waals surface area contributed by atoms with Crippen LogP contribution in [0.15, 0.2) is 67.0 Å². The second kappa shape index (κ2) is 9.16. The number of benzene rings is 2. The average Bonchev–Trinajstić information content (AvgIpc) is 2.73. The molecule has 2 aromatic carbocycles. The van der Waals surface area contributed by atoms with Crippen LogP contribution in [0.1, 0.15) is 34.5 Å². The maximum atomic E-state index is 12.5. The van der Waals surface area contributed by atoms with Crippen LogP contribution in [0.4, 0.5) is 5.69 Å². The molecule has 0 fully saturated rings. The van der Waals surface area contributed by atoms with E-state index in [-0.39, 0.29) is 22.3 Å². The van der Waals surface area contributed by atoms with E-state index in [0.29, 0.717) is 12.4 Å². The molecule has 0 aliphatic heterocycles. The highest BCUT2D eigenvalue weighted by Crippen LogP contribution is 2.24. The molecule has 3 aromatic rings. The molecule has 0 radical (unpaired) electrons. The van der Waals surface area contributed by atoms with E-state index in [0.717, 1.165) is 17.2 Å². The van der Waals surface area contributed by atoms with Gasteiger partial charge in [0.2, 0.25) is 0 Å². The molecule has 0 saturated heterocycles. The number of nitro groups is 1. The summed E-state index contributed by atoms with van der Waals surface area (Å²) in [6, 6.07) is 14.6. The Morgan fingerprint density at radius 3 is 2.62 bits per heavy atom. The van der Waals surface area contributed by atoms with Gasteiger partial charge in [-0.15, -0.1) is 0 Å². The predicted molar refractivity (Wildman–Crippen MR) is 109 cm³/mol. The van der Waals surface area contributed by atoms with Crippen molar-refractivity contribution >= 4 is 23.2 Å². The van der Waals surface area contributed by atoms with Crippen molar-refractivity contribution in [2.75, 3.05) is 0 Å². The van der Waals surface area contributed by atoms with Crippen LogP contribution in [0.3, 0.4) is 0 Å². The van der Waals surface area contributed by atoms with Gasteiger partial charge in [0.15, 0.2) is 0 Å². The number of pyridine rings is 1. The molecule has 0 saturated carbocycles. The van der Waals surface area contributed by atoms with E-state index in [1.54, 1.807) is 12.4 Å². The minimum Gasteiger partial charge on any atom is -0.489 e. The van der Waals surface area contributed by atoms with Crippen LogP contribution in [0.25, 0.3) is 0 Å². The molecule has 8 heteroatoms. The van der Waals surface area contributed by atoms with Crippen LogP contribution in [0.2, 0.25) is 5.02 Å². The molecule has 1 N–H and O–H groups in total. The molecule has 7 nitrogen and oxygen atoms in total. The largest absolute Gasteiger partial charge is 0.489 e. The van der Waals surface area contributed by atoms with Gasteiger partial charge in [0.05, 0.1) is 21.6 Å². The van der Waals surface area contributed by atoms with Crippen molar-refractivity contribution in [1.82, 2.24) is 10.3 Å². The summed E-state index contributed by atoms with van der Waals surface area (Å²) in [7, 11) is 0. The summed E-state index contributed by atoms with van der Waals surface area (Å²) in [6.45, 7) is 2.25. The normalized spacial score (nSPS) is 11.5. The zero-order valence-corrected chi connectivity index (χ0v) is 16.3. The third kappa shape index (κ3) is 5.30. The summed E-state index contributed by atoms with van der Waals surface area (Å²) in [5.41, 5.74) is 1.87. The van der Waals surface area contributed by atoms with Gasteiger partial charge in [0, 0.05) is 30.1 Å². The number of carbonyl (C=O) groups excluding carboxylic acids is 1. The van der Waals surface area contributed by atoms with Crippen LogP contribution in [0, 0.1) is 10.1 Å². The number of non-ortho nitro benzene ring substituents is 1. The van der Waals surface area contributed by atoms with E-state index in [1.165, 1.54) is 12.1 Å². The number of hydrogen-bond acceptors (Lipinski definition) is 5. The second-order valence-electron chi connectivity index (χ2n) is 6.34. The van der Waals surface area contributed by atoms with Gasteiger partial charge < -0.3 is 10.1 Å². The van der Waals surface area contributed by atoms with Gasteiger partial charge in [-0.1, -0.05) is 29.8 Å². The topological polar surface area (TPSA) is 94.4 Å². The summed E-state index contributed by atoms with van der Waals surface area (Å²) in [5.74, 6) is 0.295. The number of aromatic nitrogens is 1. The first-order chi connectivity index (χ1) is 13.9. The Morgan fingerprint density at radius 1 is 1.24 bits per heavy atom. The fraction of sp³-hybridized carbons (Fsp3) is 0.143. The highest BCUT2D eigenvalue weighted by atomic mass is 35.5. The Balaban J connectivity index is 1.61. The van der Waals surface area contributed by atoms with Gasteiger partial charge in [-0.05, 0) is 36.8 Å². The molecular formula is C21H18ClN3O4. The van der Waals surface area contributed by atoms with E-state index >= 15 is 0 Å². The first kappa shape index (κ1) is 20.3. The molecular weight excluding hydrogens is 394 g/mol. The number of hydrogen-bond donors (Lipinski definition) is 1. The Kier molecular flexibility index (Phi) is 6.41. The van der Waals surface area contributed by atoms with Gasteiger partial charge in [-0.3, -0.25) is 19.9 Å². The van der Waals surface area contributed by atoms with Crippen molar-refractivity contribution < 1.29 is 14.5 Å². The quantitative estimate of drug-likeness (QED) is 0.448. The fourth-order valence-electron chi connectivity index (χ4n) is 2.66. The van der Waals surface area contributed by atoms with Gasteiger partial charge in [-0.2, -0.15) is 0 Å². The summed E-state index contributed by atoms with van der Waals surface area (Å²) in [5, 5.41) is 13.7. The molecule has 0 aliphatic rings. The van der Waals surface area contributed by atoms with Gasteiger partial charge >= 0.3 is 0 Å². The van der Waals surface area contributed by atoms with Gasteiger partial charge in [0.25, 0.3) is 11.6 Å².